The zero-order valence-electron chi connectivity index (χ0n) is 6.09. The van der Waals surface area contributed by atoms with E-state index in [0.29, 0.717) is 5.92 Å². The highest BCUT2D eigenvalue weighted by molar-refractivity contribution is 5.59. The number of nitrogens with one attached hydrogen (secondary N) is 1. The molecule has 1 atom stereocenters. The molecule has 9 heavy (non-hydrogen) atoms. The predicted molar refractivity (Wildman–Crippen MR) is 41.6 cm³/mol. The Hall–Kier alpha value is -0.660. The molecule has 0 heterocycles. The molecule has 0 amide bonds. The quantitative estimate of drug-likeness (QED) is 0.557. The van der Waals surface area contributed by atoms with Crippen molar-refractivity contribution in [1.82, 2.24) is 0 Å². The minimum atomic E-state index is 0.299. The van der Waals surface area contributed by atoms with Crippen LogP contribution in [0.25, 0.3) is 0 Å². The summed E-state index contributed by atoms with van der Waals surface area (Å²) in [5.41, 5.74) is 0. The van der Waals surface area contributed by atoms with Crippen LogP contribution >= 0.6 is 0 Å². The van der Waals surface area contributed by atoms with Crippen LogP contribution in [0.15, 0.2) is 4.99 Å². The van der Waals surface area contributed by atoms with Gasteiger partial charge >= 0.3 is 0 Å². The summed E-state index contributed by atoms with van der Waals surface area (Å²) in [4.78, 5) is 4.08. The number of nitrogens with zero attached hydrogens (tertiary/aromatic N) is 1. The molecule has 0 aromatic rings. The largest absolute Gasteiger partial charge is 0.313 e. The molecule has 0 rings (SSSR count). The second kappa shape index (κ2) is 5.48. The first-order chi connectivity index (χ1) is 4.31. The Morgan fingerprint density at radius 3 is 2.78 bits per heavy atom. The van der Waals surface area contributed by atoms with Gasteiger partial charge in [-0.25, -0.2) is 0 Å². The lowest BCUT2D eigenvalue weighted by molar-refractivity contribution is 0.797. The highest BCUT2D eigenvalue weighted by Gasteiger charge is 1.90. The summed E-state index contributed by atoms with van der Waals surface area (Å²) in [6.07, 6.45) is 4.30. The maximum Gasteiger partial charge on any atom is 0.0460 e. The van der Waals surface area contributed by atoms with Gasteiger partial charge in [0, 0.05) is 12.5 Å². The molecule has 1 N–H and O–H groups in total. The van der Waals surface area contributed by atoms with E-state index in [1.165, 1.54) is 6.21 Å². The van der Waals surface area contributed by atoms with Crippen LogP contribution in [0.4, 0.5) is 0 Å². The zero-order chi connectivity index (χ0) is 7.11. The van der Waals surface area contributed by atoms with Crippen molar-refractivity contribution in [3.05, 3.63) is 0 Å². The van der Waals surface area contributed by atoms with Gasteiger partial charge < -0.3 is 5.41 Å². The van der Waals surface area contributed by atoms with Crippen LogP contribution in [-0.4, -0.2) is 19.0 Å². The Labute approximate surface area is 56.5 Å². The summed E-state index contributed by atoms with van der Waals surface area (Å²) in [5.74, 6) is 0.299. The van der Waals surface area contributed by atoms with Crippen molar-refractivity contribution in [2.24, 2.45) is 10.9 Å². The van der Waals surface area contributed by atoms with E-state index >= 15 is 0 Å². The van der Waals surface area contributed by atoms with E-state index < -0.39 is 0 Å². The topological polar surface area (TPSA) is 36.2 Å². The molecule has 0 aromatic heterocycles. The van der Waals surface area contributed by atoms with Gasteiger partial charge in [-0.15, -0.1) is 0 Å². The molecule has 0 bridgehead atoms. The van der Waals surface area contributed by atoms with Crippen molar-refractivity contribution >= 4 is 12.4 Å². The van der Waals surface area contributed by atoms with E-state index in [2.05, 4.69) is 11.9 Å². The molecule has 52 valence electrons. The second-order valence-electron chi connectivity index (χ2n) is 2.10. The molecule has 0 radical (unpaired) electrons. The standard InChI is InChI=1S/C7H14N2/c1-3-4-9-6-7(2)5-8/h4-5,7-8H,3,6H2,1-2H3. The normalized spacial score (nSPS) is 14.0. The van der Waals surface area contributed by atoms with Gasteiger partial charge in [0.2, 0.25) is 0 Å². The summed E-state index contributed by atoms with van der Waals surface area (Å²) < 4.78 is 0. The summed E-state index contributed by atoms with van der Waals surface area (Å²) in [7, 11) is 0. The number of hydrogen-bond acceptors (Lipinski definition) is 2. The van der Waals surface area contributed by atoms with Crippen molar-refractivity contribution < 1.29 is 0 Å². The third-order valence-electron chi connectivity index (χ3n) is 0.990. The smallest absolute Gasteiger partial charge is 0.0460 e. The van der Waals surface area contributed by atoms with E-state index in [9.17, 15) is 0 Å². The zero-order valence-corrected chi connectivity index (χ0v) is 6.09. The van der Waals surface area contributed by atoms with Crippen LogP contribution in [-0.2, 0) is 0 Å². The van der Waals surface area contributed by atoms with Gasteiger partial charge in [-0.05, 0) is 18.9 Å². The Bertz CT molecular complexity index is 97.1. The van der Waals surface area contributed by atoms with Gasteiger partial charge in [0.05, 0.1) is 0 Å². The molecule has 0 fully saturated rings. The molecule has 1 unspecified atom stereocenters. The minimum Gasteiger partial charge on any atom is -0.313 e. The van der Waals surface area contributed by atoms with Crippen molar-refractivity contribution in [2.75, 3.05) is 6.54 Å². The first-order valence-electron chi connectivity index (χ1n) is 3.30. The SMILES string of the molecule is CCC=NCC(C)C=N. The van der Waals surface area contributed by atoms with Crippen LogP contribution in [0.5, 0.6) is 0 Å². The summed E-state index contributed by atoms with van der Waals surface area (Å²) >= 11 is 0. The molecule has 0 spiro atoms. The molecule has 0 saturated carbocycles. The lowest BCUT2D eigenvalue weighted by atomic mass is 10.2. The van der Waals surface area contributed by atoms with Gasteiger partial charge in [-0.2, -0.15) is 0 Å². The lowest BCUT2D eigenvalue weighted by Crippen LogP contribution is -1.98. The average molecular weight is 126 g/mol. The fourth-order valence-corrected chi connectivity index (χ4v) is 0.423. The van der Waals surface area contributed by atoms with E-state index in [0.717, 1.165) is 13.0 Å². The number of hydrogen-bond donors (Lipinski definition) is 1. The predicted octanol–water partition coefficient (Wildman–Crippen LogP) is 1.75. The third-order valence-corrected chi connectivity index (χ3v) is 0.990. The molecule has 0 aliphatic heterocycles. The molecule has 2 nitrogen and oxygen atoms in total. The molecule has 2 heteroatoms. The van der Waals surface area contributed by atoms with E-state index in [4.69, 9.17) is 5.41 Å². The Kier molecular flexibility index (Phi) is 5.07. The van der Waals surface area contributed by atoms with Gasteiger partial charge in [-0.1, -0.05) is 13.8 Å². The van der Waals surface area contributed by atoms with Gasteiger partial charge in [-0.3, -0.25) is 4.99 Å². The van der Waals surface area contributed by atoms with Crippen LogP contribution < -0.4 is 0 Å². The first-order valence-corrected chi connectivity index (χ1v) is 3.30. The van der Waals surface area contributed by atoms with E-state index in [-0.39, 0.29) is 0 Å². The van der Waals surface area contributed by atoms with Crippen LogP contribution in [0.1, 0.15) is 20.3 Å². The summed E-state index contributed by atoms with van der Waals surface area (Å²) in [6, 6.07) is 0. The molecule has 0 aliphatic carbocycles. The van der Waals surface area contributed by atoms with Crippen molar-refractivity contribution in [3.8, 4) is 0 Å². The Balaban J connectivity index is 3.25. The van der Waals surface area contributed by atoms with E-state index in [1.807, 2.05) is 13.1 Å². The van der Waals surface area contributed by atoms with Crippen molar-refractivity contribution in [2.45, 2.75) is 20.3 Å². The fourth-order valence-electron chi connectivity index (χ4n) is 0.423. The number of aliphatic imine (C=N–C) groups is 1. The molecular weight excluding hydrogens is 112 g/mol. The third kappa shape index (κ3) is 5.21. The summed E-state index contributed by atoms with van der Waals surface area (Å²) in [5, 5.41) is 6.85. The van der Waals surface area contributed by atoms with Crippen LogP contribution in [0.2, 0.25) is 0 Å². The summed E-state index contributed by atoms with van der Waals surface area (Å²) in [6.45, 7) is 4.80. The van der Waals surface area contributed by atoms with E-state index in [1.54, 1.807) is 0 Å². The van der Waals surface area contributed by atoms with Gasteiger partial charge in [0.25, 0.3) is 0 Å². The molecule has 0 aromatic carbocycles. The monoisotopic (exact) mass is 126 g/mol. The Morgan fingerprint density at radius 1 is 1.67 bits per heavy atom. The highest BCUT2D eigenvalue weighted by atomic mass is 14.7. The minimum absolute atomic E-state index is 0.299. The molecule has 0 saturated heterocycles. The van der Waals surface area contributed by atoms with Crippen molar-refractivity contribution in [3.63, 3.8) is 0 Å². The number of rotatable bonds is 4. The molecule has 0 aliphatic rings. The van der Waals surface area contributed by atoms with Crippen LogP contribution in [0.3, 0.4) is 0 Å². The Morgan fingerprint density at radius 2 is 2.33 bits per heavy atom. The fraction of sp³-hybridized carbons (Fsp3) is 0.714. The molecular formula is C7H14N2. The van der Waals surface area contributed by atoms with Crippen molar-refractivity contribution in [1.29, 1.82) is 5.41 Å². The van der Waals surface area contributed by atoms with Gasteiger partial charge in [0.15, 0.2) is 0 Å². The maximum atomic E-state index is 6.85. The maximum absolute atomic E-state index is 6.85. The van der Waals surface area contributed by atoms with Gasteiger partial charge in [0.1, 0.15) is 0 Å². The second-order valence-corrected chi connectivity index (χ2v) is 2.10. The lowest BCUT2D eigenvalue weighted by Gasteiger charge is -1.95. The van der Waals surface area contributed by atoms with Crippen LogP contribution in [0, 0.1) is 11.3 Å². The first kappa shape index (κ1) is 8.34. The highest BCUT2D eigenvalue weighted by Crippen LogP contribution is 1.88. The average Bonchev–Trinajstić information content (AvgIpc) is 1.89.